The van der Waals surface area contributed by atoms with Crippen LogP contribution in [0.1, 0.15) is 25.8 Å². The van der Waals surface area contributed by atoms with E-state index >= 15 is 0 Å². The molecule has 0 radical (unpaired) electrons. The molecular weight excluding hydrogens is 268 g/mol. The lowest BCUT2D eigenvalue weighted by Crippen LogP contribution is -2.40. The van der Waals surface area contributed by atoms with Crippen molar-refractivity contribution in [2.75, 3.05) is 0 Å². The summed E-state index contributed by atoms with van der Waals surface area (Å²) in [6.07, 6.45) is -0.304. The fraction of sp³-hybridized carbons (Fsp3) is 0.429. The van der Waals surface area contributed by atoms with E-state index in [0.29, 0.717) is 5.56 Å². The third-order valence-corrected chi connectivity index (χ3v) is 2.89. The van der Waals surface area contributed by atoms with Gasteiger partial charge in [-0.2, -0.15) is 0 Å². The molecular formula is C14H17F2NO3. The van der Waals surface area contributed by atoms with Crippen LogP contribution in [0.2, 0.25) is 0 Å². The number of aliphatic carboxylic acids is 1. The molecule has 0 aliphatic rings. The molecule has 1 aromatic carbocycles. The van der Waals surface area contributed by atoms with Crippen LogP contribution in [-0.2, 0) is 16.0 Å². The maximum absolute atomic E-state index is 13.0. The van der Waals surface area contributed by atoms with Gasteiger partial charge in [0.05, 0.1) is 12.8 Å². The molecule has 6 heteroatoms. The molecule has 1 rings (SSSR count). The first-order chi connectivity index (χ1) is 9.29. The number of amides is 1. The van der Waals surface area contributed by atoms with Gasteiger partial charge in [0, 0.05) is 6.04 Å². The number of carboxylic acids is 1. The Morgan fingerprint density at radius 3 is 2.40 bits per heavy atom. The van der Waals surface area contributed by atoms with Crippen LogP contribution in [0.4, 0.5) is 8.78 Å². The average Bonchev–Trinajstić information content (AvgIpc) is 2.32. The SMILES string of the molecule is CC(C)C(CC(=O)O)NC(=O)Cc1ccc(F)c(F)c1. The van der Waals surface area contributed by atoms with Gasteiger partial charge in [-0.1, -0.05) is 19.9 Å². The highest BCUT2D eigenvalue weighted by Gasteiger charge is 2.19. The van der Waals surface area contributed by atoms with Crippen molar-refractivity contribution in [3.8, 4) is 0 Å². The van der Waals surface area contributed by atoms with Gasteiger partial charge in [-0.25, -0.2) is 8.78 Å². The topological polar surface area (TPSA) is 66.4 Å². The molecule has 0 bridgehead atoms. The van der Waals surface area contributed by atoms with E-state index in [2.05, 4.69) is 5.32 Å². The second kappa shape index (κ2) is 6.98. The van der Waals surface area contributed by atoms with Gasteiger partial charge >= 0.3 is 5.97 Å². The minimum atomic E-state index is -1.01. The Morgan fingerprint density at radius 1 is 1.25 bits per heavy atom. The van der Waals surface area contributed by atoms with Gasteiger partial charge in [0.1, 0.15) is 0 Å². The molecule has 1 amide bonds. The maximum atomic E-state index is 13.0. The van der Waals surface area contributed by atoms with Crippen molar-refractivity contribution in [2.24, 2.45) is 5.92 Å². The van der Waals surface area contributed by atoms with Gasteiger partial charge in [0.25, 0.3) is 0 Å². The molecule has 0 aliphatic heterocycles. The lowest BCUT2D eigenvalue weighted by atomic mass is 10.0. The number of halogens is 2. The van der Waals surface area contributed by atoms with E-state index in [1.54, 1.807) is 13.8 Å². The van der Waals surface area contributed by atoms with Crippen molar-refractivity contribution in [3.63, 3.8) is 0 Å². The molecule has 1 unspecified atom stereocenters. The second-order valence-electron chi connectivity index (χ2n) is 4.94. The van der Waals surface area contributed by atoms with Crippen LogP contribution in [0.25, 0.3) is 0 Å². The monoisotopic (exact) mass is 285 g/mol. The van der Waals surface area contributed by atoms with Gasteiger partial charge < -0.3 is 10.4 Å². The summed E-state index contributed by atoms with van der Waals surface area (Å²) in [6, 6.07) is 2.73. The van der Waals surface area contributed by atoms with Crippen LogP contribution < -0.4 is 5.32 Å². The lowest BCUT2D eigenvalue weighted by Gasteiger charge is -2.20. The van der Waals surface area contributed by atoms with Crippen LogP contribution >= 0.6 is 0 Å². The highest BCUT2D eigenvalue weighted by molar-refractivity contribution is 5.79. The molecule has 0 fully saturated rings. The molecule has 1 aromatic rings. The first-order valence-corrected chi connectivity index (χ1v) is 6.24. The Bertz CT molecular complexity index is 503. The van der Waals surface area contributed by atoms with Crippen LogP contribution in [0, 0.1) is 17.6 Å². The first-order valence-electron chi connectivity index (χ1n) is 6.24. The Kier molecular flexibility index (Phi) is 5.61. The Morgan fingerprint density at radius 2 is 1.90 bits per heavy atom. The van der Waals surface area contributed by atoms with Crippen LogP contribution in [0.3, 0.4) is 0 Å². The van der Waals surface area contributed by atoms with Crippen molar-refractivity contribution in [2.45, 2.75) is 32.7 Å². The fourth-order valence-corrected chi connectivity index (χ4v) is 1.73. The molecule has 4 nitrogen and oxygen atoms in total. The molecule has 0 aliphatic carbocycles. The third kappa shape index (κ3) is 4.95. The number of carboxylic acid groups (broad SMARTS) is 1. The standard InChI is InChI=1S/C14H17F2NO3/c1-8(2)12(7-14(19)20)17-13(18)6-9-3-4-10(15)11(16)5-9/h3-5,8,12H,6-7H2,1-2H3,(H,17,18)(H,19,20). The Hall–Kier alpha value is -1.98. The number of nitrogens with one attached hydrogen (secondary N) is 1. The number of rotatable bonds is 6. The number of hydrogen-bond donors (Lipinski definition) is 2. The largest absolute Gasteiger partial charge is 0.481 e. The van der Waals surface area contributed by atoms with E-state index in [0.717, 1.165) is 12.1 Å². The molecule has 110 valence electrons. The summed E-state index contributed by atoms with van der Waals surface area (Å²) >= 11 is 0. The Labute approximate surface area is 115 Å². The van der Waals surface area contributed by atoms with Gasteiger partial charge in [-0.15, -0.1) is 0 Å². The van der Waals surface area contributed by atoms with Gasteiger partial charge in [0.15, 0.2) is 11.6 Å². The Balaban J connectivity index is 2.65. The number of hydrogen-bond acceptors (Lipinski definition) is 2. The van der Waals surface area contributed by atoms with Crippen molar-refractivity contribution in [1.29, 1.82) is 0 Å². The quantitative estimate of drug-likeness (QED) is 0.841. The predicted molar refractivity (Wildman–Crippen MR) is 69.1 cm³/mol. The average molecular weight is 285 g/mol. The predicted octanol–water partition coefficient (Wildman–Crippen LogP) is 2.12. The summed E-state index contributed by atoms with van der Waals surface area (Å²) in [7, 11) is 0. The molecule has 0 spiro atoms. The fourth-order valence-electron chi connectivity index (χ4n) is 1.73. The van der Waals surface area contributed by atoms with Crippen LogP contribution in [-0.4, -0.2) is 23.0 Å². The van der Waals surface area contributed by atoms with Crippen molar-refractivity contribution in [1.82, 2.24) is 5.32 Å². The molecule has 1 atom stereocenters. The molecule has 20 heavy (non-hydrogen) atoms. The van der Waals surface area contributed by atoms with E-state index < -0.39 is 29.6 Å². The van der Waals surface area contributed by atoms with Crippen molar-refractivity contribution in [3.05, 3.63) is 35.4 Å². The molecule has 0 heterocycles. The zero-order valence-corrected chi connectivity index (χ0v) is 11.3. The maximum Gasteiger partial charge on any atom is 0.305 e. The zero-order chi connectivity index (χ0) is 15.3. The normalized spacial score (nSPS) is 12.2. The highest BCUT2D eigenvalue weighted by atomic mass is 19.2. The second-order valence-corrected chi connectivity index (χ2v) is 4.94. The van der Waals surface area contributed by atoms with Crippen LogP contribution in [0.5, 0.6) is 0 Å². The number of carbonyl (C=O) groups excluding carboxylic acids is 1. The highest BCUT2D eigenvalue weighted by Crippen LogP contribution is 2.10. The van der Waals surface area contributed by atoms with Gasteiger partial charge in [-0.05, 0) is 23.6 Å². The minimum Gasteiger partial charge on any atom is -0.481 e. The third-order valence-electron chi connectivity index (χ3n) is 2.89. The summed E-state index contributed by atoms with van der Waals surface area (Å²) < 4.78 is 25.8. The minimum absolute atomic E-state index is 0.0417. The van der Waals surface area contributed by atoms with Crippen molar-refractivity contribution >= 4 is 11.9 Å². The number of carbonyl (C=O) groups is 2. The lowest BCUT2D eigenvalue weighted by molar-refractivity contribution is -0.138. The van der Waals surface area contributed by atoms with Gasteiger partial charge in [-0.3, -0.25) is 9.59 Å². The summed E-state index contributed by atoms with van der Waals surface area (Å²) in [5.41, 5.74) is 0.333. The number of benzene rings is 1. The summed E-state index contributed by atoms with van der Waals surface area (Å²) in [5, 5.41) is 11.4. The zero-order valence-electron chi connectivity index (χ0n) is 11.3. The van der Waals surface area contributed by atoms with E-state index in [9.17, 15) is 18.4 Å². The van der Waals surface area contributed by atoms with E-state index in [-0.39, 0.29) is 18.8 Å². The summed E-state index contributed by atoms with van der Waals surface area (Å²) in [6.45, 7) is 3.59. The molecule has 0 saturated heterocycles. The molecule has 0 aromatic heterocycles. The van der Waals surface area contributed by atoms with E-state index in [4.69, 9.17) is 5.11 Å². The van der Waals surface area contributed by atoms with Gasteiger partial charge in [0.2, 0.25) is 5.91 Å². The summed E-state index contributed by atoms with van der Waals surface area (Å²) in [4.78, 5) is 22.5. The van der Waals surface area contributed by atoms with Crippen molar-refractivity contribution < 1.29 is 23.5 Å². The first kappa shape index (κ1) is 16.1. The molecule has 2 N–H and O–H groups in total. The smallest absolute Gasteiger partial charge is 0.305 e. The van der Waals surface area contributed by atoms with E-state index in [1.807, 2.05) is 0 Å². The summed E-state index contributed by atoms with van der Waals surface area (Å²) in [5.74, 6) is -3.45. The van der Waals surface area contributed by atoms with Crippen LogP contribution in [0.15, 0.2) is 18.2 Å². The van der Waals surface area contributed by atoms with E-state index in [1.165, 1.54) is 6.07 Å². The molecule has 0 saturated carbocycles.